The Labute approximate surface area is 142 Å². The number of nitrogens with zero attached hydrogens (tertiary/aromatic N) is 1. The molecular weight excluding hydrogens is 302 g/mol. The van der Waals surface area contributed by atoms with E-state index < -0.39 is 0 Å². The molecule has 0 spiro atoms. The van der Waals surface area contributed by atoms with Crippen molar-refractivity contribution in [2.45, 2.75) is 26.7 Å². The number of H-pyrrole nitrogens is 1. The number of hydrogen-bond donors (Lipinski definition) is 2. The number of rotatable bonds is 3. The zero-order valence-corrected chi connectivity index (χ0v) is 14.1. The van der Waals surface area contributed by atoms with Gasteiger partial charge in [0.2, 0.25) is 0 Å². The number of carbonyl (C=O) groups is 2. The van der Waals surface area contributed by atoms with E-state index in [9.17, 15) is 9.59 Å². The minimum absolute atomic E-state index is 0.0758. The van der Waals surface area contributed by atoms with Crippen molar-refractivity contribution < 1.29 is 9.59 Å². The predicted molar refractivity (Wildman–Crippen MR) is 94.2 cm³/mol. The number of amides is 2. The average molecular weight is 325 g/mol. The van der Waals surface area contributed by atoms with E-state index in [-0.39, 0.29) is 11.8 Å². The number of aromatic amines is 1. The van der Waals surface area contributed by atoms with E-state index in [0.29, 0.717) is 17.2 Å². The van der Waals surface area contributed by atoms with Gasteiger partial charge in [-0.3, -0.25) is 9.59 Å². The highest BCUT2D eigenvalue weighted by molar-refractivity contribution is 6.03. The number of benzene rings is 1. The van der Waals surface area contributed by atoms with Crippen LogP contribution in [0.1, 0.15) is 46.2 Å². The van der Waals surface area contributed by atoms with Gasteiger partial charge in [0.05, 0.1) is 0 Å². The summed E-state index contributed by atoms with van der Waals surface area (Å²) in [6.45, 7) is 5.74. The number of likely N-dealkylation sites (tertiary alicyclic amines) is 1. The van der Waals surface area contributed by atoms with E-state index in [1.165, 1.54) is 6.42 Å². The van der Waals surface area contributed by atoms with Crippen molar-refractivity contribution in [3.05, 3.63) is 53.3 Å². The minimum Gasteiger partial charge on any atom is -0.357 e. The van der Waals surface area contributed by atoms with E-state index in [2.05, 4.69) is 17.2 Å². The Morgan fingerprint density at radius 1 is 1.29 bits per heavy atom. The lowest BCUT2D eigenvalue weighted by molar-refractivity contribution is 0.0683. The van der Waals surface area contributed by atoms with E-state index in [4.69, 9.17) is 0 Å². The second-order valence-corrected chi connectivity index (χ2v) is 6.57. The Morgan fingerprint density at radius 2 is 2.12 bits per heavy atom. The molecule has 1 atom stereocenters. The topological polar surface area (TPSA) is 65.2 Å². The van der Waals surface area contributed by atoms with E-state index >= 15 is 0 Å². The van der Waals surface area contributed by atoms with Gasteiger partial charge in [0.15, 0.2) is 0 Å². The van der Waals surface area contributed by atoms with Gasteiger partial charge in [-0.15, -0.1) is 0 Å². The Kier molecular flexibility index (Phi) is 4.69. The molecule has 5 nitrogen and oxygen atoms in total. The molecule has 5 heteroatoms. The monoisotopic (exact) mass is 325 g/mol. The Balaban J connectivity index is 1.72. The second-order valence-electron chi connectivity index (χ2n) is 6.57. The van der Waals surface area contributed by atoms with Crippen molar-refractivity contribution in [2.24, 2.45) is 5.92 Å². The molecule has 1 aliphatic heterocycles. The normalized spacial score (nSPS) is 17.6. The number of nitrogens with one attached hydrogen (secondary N) is 2. The van der Waals surface area contributed by atoms with Crippen LogP contribution in [0.2, 0.25) is 0 Å². The van der Waals surface area contributed by atoms with Crippen LogP contribution in [0, 0.1) is 12.8 Å². The quantitative estimate of drug-likeness (QED) is 0.908. The van der Waals surface area contributed by atoms with Crippen LogP contribution in [-0.2, 0) is 0 Å². The molecule has 2 heterocycles. The smallest absolute Gasteiger partial charge is 0.272 e. The fourth-order valence-electron chi connectivity index (χ4n) is 3.15. The molecule has 2 amide bonds. The fraction of sp³-hybridized carbons (Fsp3) is 0.368. The maximum atomic E-state index is 12.7. The highest BCUT2D eigenvalue weighted by Crippen LogP contribution is 2.21. The van der Waals surface area contributed by atoms with Gasteiger partial charge in [-0.05, 0) is 61.6 Å². The second kappa shape index (κ2) is 6.91. The lowest BCUT2D eigenvalue weighted by Crippen LogP contribution is -2.39. The van der Waals surface area contributed by atoms with E-state index in [0.717, 1.165) is 30.8 Å². The molecular formula is C19H23N3O2. The molecule has 0 bridgehead atoms. The molecule has 1 aromatic carbocycles. The molecule has 126 valence electrons. The summed E-state index contributed by atoms with van der Waals surface area (Å²) in [6.07, 6.45) is 3.96. The highest BCUT2D eigenvalue weighted by Gasteiger charge is 2.22. The summed E-state index contributed by atoms with van der Waals surface area (Å²) < 4.78 is 0. The SMILES string of the molecule is Cc1cc(C(=O)N2CCC[C@@H](C)C2)ccc1NC(=O)c1ccc[nH]1. The largest absolute Gasteiger partial charge is 0.357 e. The third kappa shape index (κ3) is 3.50. The molecule has 1 fully saturated rings. The number of hydrogen-bond acceptors (Lipinski definition) is 2. The van der Waals surface area contributed by atoms with Crippen LogP contribution in [0.3, 0.4) is 0 Å². The molecule has 0 saturated carbocycles. The van der Waals surface area contributed by atoms with Crippen molar-refractivity contribution in [3.8, 4) is 0 Å². The maximum Gasteiger partial charge on any atom is 0.272 e. The summed E-state index contributed by atoms with van der Waals surface area (Å²) in [6, 6.07) is 8.95. The van der Waals surface area contributed by atoms with Crippen LogP contribution in [0.15, 0.2) is 36.5 Å². The zero-order valence-electron chi connectivity index (χ0n) is 14.1. The average Bonchev–Trinajstić information content (AvgIpc) is 3.10. The Morgan fingerprint density at radius 3 is 2.79 bits per heavy atom. The fourth-order valence-corrected chi connectivity index (χ4v) is 3.15. The van der Waals surface area contributed by atoms with Crippen LogP contribution < -0.4 is 5.32 Å². The van der Waals surface area contributed by atoms with Gasteiger partial charge in [-0.2, -0.15) is 0 Å². The molecule has 0 aliphatic carbocycles. The number of aromatic nitrogens is 1. The summed E-state index contributed by atoms with van der Waals surface area (Å²) in [5, 5.41) is 2.87. The molecule has 3 rings (SSSR count). The number of anilines is 1. The Hall–Kier alpha value is -2.56. The summed E-state index contributed by atoms with van der Waals surface area (Å²) in [5.74, 6) is 0.446. The summed E-state index contributed by atoms with van der Waals surface area (Å²) in [5.41, 5.74) is 2.79. The molecule has 1 saturated heterocycles. The molecule has 2 N–H and O–H groups in total. The Bertz CT molecular complexity index is 737. The number of aryl methyl sites for hydroxylation is 1. The van der Waals surface area contributed by atoms with Crippen molar-refractivity contribution in [1.82, 2.24) is 9.88 Å². The summed E-state index contributed by atoms with van der Waals surface area (Å²) in [4.78, 5) is 29.6. The van der Waals surface area contributed by atoms with Gasteiger partial charge in [0.1, 0.15) is 5.69 Å². The van der Waals surface area contributed by atoms with Gasteiger partial charge in [0.25, 0.3) is 11.8 Å². The first-order valence-electron chi connectivity index (χ1n) is 8.39. The van der Waals surface area contributed by atoms with Gasteiger partial charge >= 0.3 is 0 Å². The molecule has 0 unspecified atom stereocenters. The molecule has 2 aromatic rings. The molecule has 0 radical (unpaired) electrons. The molecule has 24 heavy (non-hydrogen) atoms. The summed E-state index contributed by atoms with van der Waals surface area (Å²) in [7, 11) is 0. The van der Waals surface area contributed by atoms with Gasteiger partial charge in [-0.1, -0.05) is 6.92 Å². The third-order valence-corrected chi connectivity index (χ3v) is 4.51. The van der Waals surface area contributed by atoms with Crippen molar-refractivity contribution in [1.29, 1.82) is 0 Å². The van der Waals surface area contributed by atoms with Crippen molar-refractivity contribution >= 4 is 17.5 Å². The highest BCUT2D eigenvalue weighted by atomic mass is 16.2. The number of carbonyl (C=O) groups excluding carboxylic acids is 2. The first-order chi connectivity index (χ1) is 11.5. The van der Waals surface area contributed by atoms with Crippen LogP contribution in [0.4, 0.5) is 5.69 Å². The van der Waals surface area contributed by atoms with Crippen LogP contribution in [0.5, 0.6) is 0 Å². The van der Waals surface area contributed by atoms with Crippen LogP contribution in [0.25, 0.3) is 0 Å². The predicted octanol–water partition coefficient (Wildman–Crippen LogP) is 3.45. The summed E-state index contributed by atoms with van der Waals surface area (Å²) >= 11 is 0. The van der Waals surface area contributed by atoms with Gasteiger partial charge in [-0.25, -0.2) is 0 Å². The van der Waals surface area contributed by atoms with Crippen LogP contribution in [-0.4, -0.2) is 34.8 Å². The van der Waals surface area contributed by atoms with Crippen molar-refractivity contribution in [3.63, 3.8) is 0 Å². The van der Waals surface area contributed by atoms with E-state index in [1.807, 2.05) is 17.9 Å². The standard InChI is InChI=1S/C19H23N3O2/c1-13-5-4-10-22(12-13)19(24)15-7-8-16(14(2)11-15)21-18(23)17-6-3-9-20-17/h3,6-9,11,13,20H,4-5,10,12H2,1-2H3,(H,21,23)/t13-/m1/s1. The zero-order chi connectivity index (χ0) is 17.1. The lowest BCUT2D eigenvalue weighted by atomic mass is 9.99. The molecule has 1 aromatic heterocycles. The maximum absolute atomic E-state index is 12.7. The number of piperidine rings is 1. The molecule has 1 aliphatic rings. The lowest BCUT2D eigenvalue weighted by Gasteiger charge is -2.31. The van der Waals surface area contributed by atoms with Crippen molar-refractivity contribution in [2.75, 3.05) is 18.4 Å². The first kappa shape index (κ1) is 16.3. The third-order valence-electron chi connectivity index (χ3n) is 4.51. The van der Waals surface area contributed by atoms with Gasteiger partial charge < -0.3 is 15.2 Å². The van der Waals surface area contributed by atoms with E-state index in [1.54, 1.807) is 30.5 Å². The minimum atomic E-state index is -0.188. The van der Waals surface area contributed by atoms with Gasteiger partial charge in [0, 0.05) is 30.5 Å². The first-order valence-corrected chi connectivity index (χ1v) is 8.39. The van der Waals surface area contributed by atoms with Crippen LogP contribution >= 0.6 is 0 Å².